The number of methoxy groups -OCH3 is 1. The van der Waals surface area contributed by atoms with E-state index < -0.39 is 5.91 Å². The number of rotatable bonds is 7. The number of Topliss-reactive ketones (excluding diaryl/α,β-unsaturated/α-hetero) is 1. The number of hydrogen-bond acceptors (Lipinski definition) is 7. The second-order valence-electron chi connectivity index (χ2n) is 6.58. The molecule has 2 aromatic rings. The van der Waals surface area contributed by atoms with Crippen LogP contribution in [0, 0.1) is 0 Å². The first-order chi connectivity index (χ1) is 13.9. The molecule has 154 valence electrons. The van der Waals surface area contributed by atoms with Gasteiger partial charge in [-0.1, -0.05) is 11.6 Å². The van der Waals surface area contributed by atoms with Crippen LogP contribution in [0.15, 0.2) is 39.7 Å². The number of amides is 1. The van der Waals surface area contributed by atoms with Gasteiger partial charge in [-0.05, 0) is 18.2 Å². The lowest BCUT2D eigenvalue weighted by Crippen LogP contribution is -2.33. The molecular formula is C20H21ClN2O6. The topological polar surface area (TPSA) is 98.1 Å². The zero-order valence-electron chi connectivity index (χ0n) is 15.9. The minimum atomic E-state index is -0.451. The molecule has 8 nitrogen and oxygen atoms in total. The maximum atomic E-state index is 12.2. The highest BCUT2D eigenvalue weighted by Crippen LogP contribution is 2.27. The van der Waals surface area contributed by atoms with Crippen LogP contribution in [0.5, 0.6) is 11.5 Å². The van der Waals surface area contributed by atoms with Gasteiger partial charge in [0.2, 0.25) is 11.2 Å². The average Bonchev–Trinajstić information content (AvgIpc) is 2.69. The Bertz CT molecular complexity index is 948. The van der Waals surface area contributed by atoms with Gasteiger partial charge in [0.15, 0.2) is 6.61 Å². The van der Waals surface area contributed by atoms with Gasteiger partial charge in [-0.15, -0.1) is 0 Å². The summed E-state index contributed by atoms with van der Waals surface area (Å²) in [7, 11) is 1.50. The van der Waals surface area contributed by atoms with E-state index in [9.17, 15) is 14.4 Å². The lowest BCUT2D eigenvalue weighted by molar-refractivity contribution is -0.121. The lowest BCUT2D eigenvalue weighted by atomic mass is 10.1. The number of benzene rings is 1. The van der Waals surface area contributed by atoms with Crippen molar-refractivity contribution < 1.29 is 23.5 Å². The normalized spacial score (nSPS) is 14.5. The van der Waals surface area contributed by atoms with Crippen molar-refractivity contribution in [3.63, 3.8) is 0 Å². The second kappa shape index (κ2) is 9.58. The van der Waals surface area contributed by atoms with E-state index in [1.807, 2.05) is 4.90 Å². The van der Waals surface area contributed by atoms with Crippen molar-refractivity contribution in [2.24, 2.45) is 0 Å². The van der Waals surface area contributed by atoms with Crippen LogP contribution in [0.3, 0.4) is 0 Å². The number of nitrogens with zero attached hydrogens (tertiary/aromatic N) is 1. The largest absolute Gasteiger partial charge is 0.495 e. The summed E-state index contributed by atoms with van der Waals surface area (Å²) in [6.07, 6.45) is 2.23. The molecule has 3 rings (SSSR count). The Morgan fingerprint density at radius 1 is 1.21 bits per heavy atom. The van der Waals surface area contributed by atoms with Gasteiger partial charge in [0.05, 0.1) is 18.7 Å². The predicted octanol–water partition coefficient (Wildman–Crippen LogP) is 2.48. The lowest BCUT2D eigenvalue weighted by Gasteiger charge is -2.24. The summed E-state index contributed by atoms with van der Waals surface area (Å²) in [5.74, 6) is 0.726. The Morgan fingerprint density at radius 2 is 1.97 bits per heavy atom. The van der Waals surface area contributed by atoms with Crippen LogP contribution >= 0.6 is 11.6 Å². The van der Waals surface area contributed by atoms with Crippen molar-refractivity contribution in [2.45, 2.75) is 19.4 Å². The number of carbonyl (C=O) groups is 2. The third-order valence-electron chi connectivity index (χ3n) is 4.44. The first kappa shape index (κ1) is 20.9. The van der Waals surface area contributed by atoms with E-state index in [0.29, 0.717) is 54.7 Å². The number of likely N-dealkylation sites (tertiary alicyclic amines) is 1. The molecule has 9 heteroatoms. The molecule has 29 heavy (non-hydrogen) atoms. The van der Waals surface area contributed by atoms with E-state index >= 15 is 0 Å². The third kappa shape index (κ3) is 5.82. The first-order valence-electron chi connectivity index (χ1n) is 9.06. The minimum Gasteiger partial charge on any atom is -0.495 e. The number of nitrogens with one attached hydrogen (secondary N) is 1. The van der Waals surface area contributed by atoms with Crippen molar-refractivity contribution in [3.05, 3.63) is 51.5 Å². The van der Waals surface area contributed by atoms with Crippen LogP contribution in [0.1, 0.15) is 18.6 Å². The minimum absolute atomic E-state index is 0.0505. The van der Waals surface area contributed by atoms with Gasteiger partial charge in [-0.3, -0.25) is 19.3 Å². The SMILES string of the molecule is COc1ccc(NC(=O)COc2coc(CN3CCC(=O)CC3)cc2=O)cc1Cl. The Kier molecular flexibility index (Phi) is 6.90. The first-order valence-corrected chi connectivity index (χ1v) is 9.44. The van der Waals surface area contributed by atoms with Gasteiger partial charge in [-0.25, -0.2) is 0 Å². The van der Waals surface area contributed by atoms with Crippen molar-refractivity contribution in [1.29, 1.82) is 0 Å². The molecule has 0 aliphatic carbocycles. The van der Waals surface area contributed by atoms with Crippen molar-refractivity contribution >= 4 is 29.0 Å². The molecule has 1 aromatic carbocycles. The maximum absolute atomic E-state index is 12.2. The van der Waals surface area contributed by atoms with Crippen molar-refractivity contribution in [3.8, 4) is 11.5 Å². The van der Waals surface area contributed by atoms with Gasteiger partial charge in [0.25, 0.3) is 5.91 Å². The van der Waals surface area contributed by atoms with E-state index in [4.69, 9.17) is 25.5 Å². The summed E-state index contributed by atoms with van der Waals surface area (Å²) in [5, 5.41) is 2.98. The quantitative estimate of drug-likeness (QED) is 0.734. The van der Waals surface area contributed by atoms with E-state index in [2.05, 4.69) is 5.32 Å². The smallest absolute Gasteiger partial charge is 0.262 e. The Labute approximate surface area is 172 Å². The highest BCUT2D eigenvalue weighted by Gasteiger charge is 2.17. The Morgan fingerprint density at radius 3 is 2.62 bits per heavy atom. The van der Waals surface area contributed by atoms with Crippen molar-refractivity contribution in [1.82, 2.24) is 4.90 Å². The standard InChI is InChI=1S/C20H21ClN2O6/c1-27-18-3-2-13(8-16(18)21)22-20(26)12-29-19-11-28-15(9-17(19)25)10-23-6-4-14(24)5-7-23/h2-3,8-9,11H,4-7,10,12H2,1H3,(H,22,26). The second-order valence-corrected chi connectivity index (χ2v) is 6.98. The summed E-state index contributed by atoms with van der Waals surface area (Å²) < 4.78 is 15.8. The molecule has 1 aliphatic rings. The number of piperidine rings is 1. The molecular weight excluding hydrogens is 400 g/mol. The third-order valence-corrected chi connectivity index (χ3v) is 4.74. The van der Waals surface area contributed by atoms with Crippen LogP contribution < -0.4 is 20.2 Å². The molecule has 0 radical (unpaired) electrons. The molecule has 0 bridgehead atoms. The number of halogens is 1. The van der Waals surface area contributed by atoms with E-state index in [1.165, 1.54) is 19.4 Å². The number of ketones is 1. The zero-order valence-corrected chi connectivity index (χ0v) is 16.7. The van der Waals surface area contributed by atoms with Crippen LogP contribution in [0.2, 0.25) is 5.02 Å². The number of ether oxygens (including phenoxy) is 2. The van der Waals surface area contributed by atoms with Crippen LogP contribution in [0.4, 0.5) is 5.69 Å². The Hall–Kier alpha value is -2.84. The number of carbonyl (C=O) groups excluding carboxylic acids is 2. The van der Waals surface area contributed by atoms with Gasteiger partial charge in [0, 0.05) is 37.7 Å². The van der Waals surface area contributed by atoms with Crippen molar-refractivity contribution in [2.75, 3.05) is 32.1 Å². The highest BCUT2D eigenvalue weighted by atomic mass is 35.5. The molecule has 1 amide bonds. The van der Waals surface area contributed by atoms with Gasteiger partial charge < -0.3 is 19.2 Å². The summed E-state index contributed by atoms with van der Waals surface area (Å²) in [5.41, 5.74) is 0.103. The van der Waals surface area contributed by atoms with Crippen LogP contribution in [-0.2, 0) is 16.1 Å². The molecule has 1 N–H and O–H groups in total. The average molecular weight is 421 g/mol. The molecule has 1 saturated heterocycles. The van der Waals surface area contributed by atoms with E-state index in [1.54, 1.807) is 18.2 Å². The fraction of sp³-hybridized carbons (Fsp3) is 0.350. The summed E-state index contributed by atoms with van der Waals surface area (Å²) in [6.45, 7) is 1.39. The predicted molar refractivity (Wildman–Crippen MR) is 107 cm³/mol. The summed E-state index contributed by atoms with van der Waals surface area (Å²) in [4.78, 5) is 37.6. The molecule has 0 saturated carbocycles. The monoisotopic (exact) mass is 420 g/mol. The van der Waals surface area contributed by atoms with E-state index in [0.717, 1.165) is 0 Å². The number of anilines is 1. The molecule has 0 unspecified atom stereocenters. The summed E-state index contributed by atoms with van der Waals surface area (Å²) >= 11 is 6.02. The molecule has 1 aromatic heterocycles. The van der Waals surface area contributed by atoms with E-state index in [-0.39, 0.29) is 23.6 Å². The fourth-order valence-electron chi connectivity index (χ4n) is 2.89. The molecule has 0 spiro atoms. The molecule has 1 fully saturated rings. The molecule has 1 aliphatic heterocycles. The van der Waals surface area contributed by atoms with Gasteiger partial charge in [-0.2, -0.15) is 0 Å². The Balaban J connectivity index is 1.52. The highest BCUT2D eigenvalue weighted by molar-refractivity contribution is 6.32. The van der Waals surface area contributed by atoms with Crippen LogP contribution in [0.25, 0.3) is 0 Å². The van der Waals surface area contributed by atoms with Gasteiger partial charge in [0.1, 0.15) is 23.6 Å². The molecule has 0 atom stereocenters. The number of hydrogen-bond donors (Lipinski definition) is 1. The maximum Gasteiger partial charge on any atom is 0.262 e. The van der Waals surface area contributed by atoms with Gasteiger partial charge >= 0.3 is 0 Å². The molecule has 2 heterocycles. The summed E-state index contributed by atoms with van der Waals surface area (Å²) in [6, 6.07) is 6.16. The zero-order chi connectivity index (χ0) is 20.8. The van der Waals surface area contributed by atoms with Crippen LogP contribution in [-0.4, -0.2) is 43.4 Å². The fourth-order valence-corrected chi connectivity index (χ4v) is 3.15.